The Hall–Kier alpha value is -1.80. The Morgan fingerprint density at radius 1 is 1.44 bits per heavy atom. The molecule has 1 aromatic rings. The zero-order valence-electron chi connectivity index (χ0n) is 9.83. The minimum absolute atomic E-state index is 0.0861. The molecule has 5 nitrogen and oxygen atoms in total. The van der Waals surface area contributed by atoms with Crippen LogP contribution in [0.4, 0.5) is 11.8 Å². The van der Waals surface area contributed by atoms with Crippen molar-refractivity contribution >= 4 is 11.8 Å². The molecule has 1 rings (SSSR count). The molecule has 0 aliphatic heterocycles. The molecule has 86 valence electrons. The van der Waals surface area contributed by atoms with Gasteiger partial charge in [0, 0.05) is 26.6 Å². The van der Waals surface area contributed by atoms with Gasteiger partial charge in [-0.2, -0.15) is 4.98 Å². The molecule has 0 aliphatic rings. The first-order chi connectivity index (χ1) is 7.67. The van der Waals surface area contributed by atoms with Gasteiger partial charge >= 0.3 is 0 Å². The number of nitrogens with one attached hydrogen (secondary N) is 2. The van der Waals surface area contributed by atoms with Crippen LogP contribution in [-0.4, -0.2) is 30.1 Å². The molecule has 0 radical (unpaired) electrons. The summed E-state index contributed by atoms with van der Waals surface area (Å²) in [6.45, 7) is 1.92. The van der Waals surface area contributed by atoms with Gasteiger partial charge in [-0.3, -0.25) is 0 Å². The molecular weight excluding hydrogens is 202 g/mol. The second kappa shape index (κ2) is 5.93. The highest BCUT2D eigenvalue weighted by Crippen LogP contribution is 2.11. The summed E-state index contributed by atoms with van der Waals surface area (Å²) in [7, 11) is 3.58. The lowest BCUT2D eigenvalue weighted by molar-refractivity contribution is 0.771. The Kier molecular flexibility index (Phi) is 4.55. The van der Waals surface area contributed by atoms with E-state index in [4.69, 9.17) is 5.73 Å². The topological polar surface area (TPSA) is 75.9 Å². The Morgan fingerprint density at radius 3 is 2.75 bits per heavy atom. The predicted molar refractivity (Wildman–Crippen MR) is 66.3 cm³/mol. The van der Waals surface area contributed by atoms with Crippen molar-refractivity contribution in [1.29, 1.82) is 0 Å². The van der Waals surface area contributed by atoms with Gasteiger partial charge in [-0.05, 0) is 6.92 Å². The molecule has 1 aromatic heterocycles. The number of hydrogen-bond donors (Lipinski definition) is 3. The average molecular weight is 219 g/mol. The average Bonchev–Trinajstić information content (AvgIpc) is 2.29. The maximum atomic E-state index is 5.61. The highest BCUT2D eigenvalue weighted by Gasteiger charge is 2.01. The predicted octanol–water partition coefficient (Wildman–Crippen LogP) is 0.649. The van der Waals surface area contributed by atoms with E-state index in [2.05, 4.69) is 32.4 Å². The number of nitrogens with two attached hydrogens (primary N) is 1. The maximum absolute atomic E-state index is 5.61. The second-order valence-electron chi connectivity index (χ2n) is 3.44. The molecule has 0 saturated heterocycles. The molecule has 0 saturated carbocycles. The molecule has 5 heteroatoms. The van der Waals surface area contributed by atoms with Gasteiger partial charge in [0.05, 0.1) is 11.8 Å². The van der Waals surface area contributed by atoms with Crippen LogP contribution in [0.3, 0.4) is 0 Å². The van der Waals surface area contributed by atoms with E-state index in [9.17, 15) is 0 Å². The van der Waals surface area contributed by atoms with Gasteiger partial charge in [-0.25, -0.2) is 4.98 Å². The minimum Gasteiger partial charge on any atom is -0.372 e. The fraction of sp³-hybridized carbons (Fsp3) is 0.455. The number of anilines is 2. The van der Waals surface area contributed by atoms with Crippen molar-refractivity contribution in [3.63, 3.8) is 0 Å². The summed E-state index contributed by atoms with van der Waals surface area (Å²) < 4.78 is 0. The normalized spacial score (nSPS) is 11.2. The highest BCUT2D eigenvalue weighted by atomic mass is 15.1. The van der Waals surface area contributed by atoms with Crippen LogP contribution in [0.5, 0.6) is 0 Å². The second-order valence-corrected chi connectivity index (χ2v) is 3.44. The van der Waals surface area contributed by atoms with Crippen molar-refractivity contribution in [2.75, 3.05) is 24.7 Å². The van der Waals surface area contributed by atoms with Crippen LogP contribution < -0.4 is 16.4 Å². The van der Waals surface area contributed by atoms with Gasteiger partial charge < -0.3 is 16.4 Å². The first-order valence-electron chi connectivity index (χ1n) is 5.14. The van der Waals surface area contributed by atoms with Crippen LogP contribution in [0.15, 0.2) is 6.20 Å². The van der Waals surface area contributed by atoms with Gasteiger partial charge in [-0.15, -0.1) is 0 Å². The molecule has 0 amide bonds. The van der Waals surface area contributed by atoms with E-state index < -0.39 is 0 Å². The van der Waals surface area contributed by atoms with Crippen molar-refractivity contribution in [2.45, 2.75) is 19.4 Å². The number of rotatable bonds is 3. The summed E-state index contributed by atoms with van der Waals surface area (Å²) in [5, 5.41) is 5.86. The Balaban J connectivity index is 2.90. The summed E-state index contributed by atoms with van der Waals surface area (Å²) in [6.07, 6.45) is 2.36. The first-order valence-corrected chi connectivity index (χ1v) is 5.14. The molecular formula is C11H17N5. The summed E-state index contributed by atoms with van der Waals surface area (Å²) >= 11 is 0. The Bertz CT molecular complexity index is 403. The lowest BCUT2D eigenvalue weighted by atomic mass is 10.2. The Morgan fingerprint density at radius 2 is 2.19 bits per heavy atom. The van der Waals surface area contributed by atoms with Gasteiger partial charge in [-0.1, -0.05) is 11.8 Å². The zero-order chi connectivity index (χ0) is 12.0. The number of hydrogen-bond acceptors (Lipinski definition) is 5. The van der Waals surface area contributed by atoms with Crippen molar-refractivity contribution < 1.29 is 0 Å². The van der Waals surface area contributed by atoms with Gasteiger partial charge in [0.2, 0.25) is 5.95 Å². The molecule has 1 heterocycles. The monoisotopic (exact) mass is 219 g/mol. The van der Waals surface area contributed by atoms with Gasteiger partial charge in [0.15, 0.2) is 0 Å². The summed E-state index contributed by atoms with van der Waals surface area (Å²) in [5.41, 5.74) is 6.39. The van der Waals surface area contributed by atoms with Crippen LogP contribution in [0.1, 0.15) is 18.9 Å². The molecule has 0 spiro atoms. The van der Waals surface area contributed by atoms with Crippen molar-refractivity contribution in [3.8, 4) is 11.8 Å². The van der Waals surface area contributed by atoms with Crippen LogP contribution in [0.2, 0.25) is 0 Å². The smallest absolute Gasteiger partial charge is 0.224 e. The number of aromatic nitrogens is 2. The van der Waals surface area contributed by atoms with Crippen molar-refractivity contribution in [1.82, 2.24) is 9.97 Å². The quantitative estimate of drug-likeness (QED) is 0.651. The fourth-order valence-corrected chi connectivity index (χ4v) is 1.09. The molecule has 0 aliphatic carbocycles. The van der Waals surface area contributed by atoms with Crippen LogP contribution in [0, 0.1) is 11.8 Å². The summed E-state index contributed by atoms with van der Waals surface area (Å²) in [6, 6.07) is 0.0861. The molecule has 0 unspecified atom stereocenters. The minimum atomic E-state index is 0.0861. The third-order valence-electron chi connectivity index (χ3n) is 1.90. The fourth-order valence-electron chi connectivity index (χ4n) is 1.09. The van der Waals surface area contributed by atoms with E-state index in [1.165, 1.54) is 0 Å². The van der Waals surface area contributed by atoms with Crippen molar-refractivity contribution in [2.24, 2.45) is 5.73 Å². The van der Waals surface area contributed by atoms with E-state index in [0.717, 1.165) is 11.4 Å². The molecule has 16 heavy (non-hydrogen) atoms. The van der Waals surface area contributed by atoms with Crippen LogP contribution in [0.25, 0.3) is 0 Å². The van der Waals surface area contributed by atoms with E-state index in [1.54, 1.807) is 20.3 Å². The lowest BCUT2D eigenvalue weighted by Gasteiger charge is -2.04. The SMILES string of the molecule is CNc1ncc(C#CC[C@H](C)N)c(NC)n1. The standard InChI is InChI=1S/C11H17N5/c1-8(12)5-4-6-9-7-15-11(14-3)16-10(9)13-2/h7-8H,5,12H2,1-3H3,(H2,13,14,15,16)/t8-/m0/s1. The molecule has 4 N–H and O–H groups in total. The molecule has 0 aromatic carbocycles. The van der Waals surface area contributed by atoms with E-state index in [1.807, 2.05) is 6.92 Å². The molecule has 0 fully saturated rings. The first kappa shape index (κ1) is 12.3. The van der Waals surface area contributed by atoms with Crippen molar-refractivity contribution in [3.05, 3.63) is 11.8 Å². The Labute approximate surface area is 95.9 Å². The van der Waals surface area contributed by atoms with E-state index in [0.29, 0.717) is 12.4 Å². The summed E-state index contributed by atoms with van der Waals surface area (Å²) in [4.78, 5) is 8.35. The molecule has 1 atom stereocenters. The van der Waals surface area contributed by atoms with E-state index in [-0.39, 0.29) is 6.04 Å². The number of nitrogens with zero attached hydrogens (tertiary/aromatic N) is 2. The van der Waals surface area contributed by atoms with Crippen LogP contribution >= 0.6 is 0 Å². The third-order valence-corrected chi connectivity index (χ3v) is 1.90. The van der Waals surface area contributed by atoms with Crippen LogP contribution in [-0.2, 0) is 0 Å². The third kappa shape index (κ3) is 3.41. The van der Waals surface area contributed by atoms with Gasteiger partial charge in [0.1, 0.15) is 5.82 Å². The molecule has 0 bridgehead atoms. The van der Waals surface area contributed by atoms with E-state index >= 15 is 0 Å². The summed E-state index contributed by atoms with van der Waals surface area (Å²) in [5.74, 6) is 7.29. The largest absolute Gasteiger partial charge is 0.372 e. The highest BCUT2D eigenvalue weighted by molar-refractivity contribution is 5.54. The maximum Gasteiger partial charge on any atom is 0.224 e. The zero-order valence-corrected chi connectivity index (χ0v) is 9.83. The lowest BCUT2D eigenvalue weighted by Crippen LogP contribution is -2.12. The van der Waals surface area contributed by atoms with Gasteiger partial charge in [0.25, 0.3) is 0 Å².